The van der Waals surface area contributed by atoms with E-state index in [2.05, 4.69) is 0 Å². The van der Waals surface area contributed by atoms with E-state index in [0.717, 1.165) is 0 Å². The summed E-state index contributed by atoms with van der Waals surface area (Å²) in [6, 6.07) is 7.29. The number of rotatable bonds is 5. The average Bonchev–Trinajstić information content (AvgIpc) is 2.21. The minimum absolute atomic E-state index is 0. The van der Waals surface area contributed by atoms with Gasteiger partial charge in [-0.05, 0) is 26.0 Å². The Balaban J connectivity index is 0.00000225. The number of halogens is 1. The van der Waals surface area contributed by atoms with Gasteiger partial charge in [-0.15, -0.1) is 12.4 Å². The minimum atomic E-state index is -0.398. The van der Waals surface area contributed by atoms with Crippen LogP contribution < -0.4 is 10.5 Å². The molecule has 0 saturated carbocycles. The van der Waals surface area contributed by atoms with Gasteiger partial charge >= 0.3 is 0 Å². The molecule has 4 nitrogen and oxygen atoms in total. The molecule has 0 aliphatic heterocycles. The maximum atomic E-state index is 5.72. The lowest BCUT2D eigenvalue weighted by Gasteiger charge is -2.19. The van der Waals surface area contributed by atoms with E-state index in [1.807, 2.05) is 12.1 Å². The van der Waals surface area contributed by atoms with Crippen LogP contribution in [0.5, 0.6) is 5.75 Å². The van der Waals surface area contributed by atoms with Crippen LogP contribution in [0.1, 0.15) is 13.8 Å². The largest absolute Gasteiger partial charge is 0.463 e. The lowest BCUT2D eigenvalue weighted by Crippen LogP contribution is -2.23. The maximum absolute atomic E-state index is 5.72. The summed E-state index contributed by atoms with van der Waals surface area (Å²) in [6.07, 6.45) is -0.699. The second kappa shape index (κ2) is 7.33. The number of nitrogen functional groups attached to an aromatic ring is 1. The van der Waals surface area contributed by atoms with Crippen molar-refractivity contribution < 1.29 is 14.2 Å². The molecule has 0 heterocycles. The van der Waals surface area contributed by atoms with E-state index < -0.39 is 6.29 Å². The fourth-order valence-corrected chi connectivity index (χ4v) is 1.12. The highest BCUT2D eigenvalue weighted by Crippen LogP contribution is 2.21. The van der Waals surface area contributed by atoms with Gasteiger partial charge in [0.2, 0.25) is 0 Å². The molecule has 1 aromatic rings. The van der Waals surface area contributed by atoms with Crippen molar-refractivity contribution in [3.05, 3.63) is 24.3 Å². The van der Waals surface area contributed by atoms with Crippen LogP contribution in [0.25, 0.3) is 0 Å². The zero-order valence-corrected chi connectivity index (χ0v) is 10.5. The van der Waals surface area contributed by atoms with Crippen molar-refractivity contribution in [1.29, 1.82) is 0 Å². The molecular formula is C11H18ClNO3. The van der Waals surface area contributed by atoms with Gasteiger partial charge in [-0.3, -0.25) is 0 Å². The topological polar surface area (TPSA) is 53.7 Å². The Kier molecular flexibility index (Phi) is 6.88. The molecule has 0 amide bonds. The first kappa shape index (κ1) is 15.0. The summed E-state index contributed by atoms with van der Waals surface area (Å²) < 4.78 is 15.8. The summed E-state index contributed by atoms with van der Waals surface area (Å²) >= 11 is 0. The van der Waals surface area contributed by atoms with Crippen molar-refractivity contribution in [2.24, 2.45) is 0 Å². The number of para-hydroxylation sites is 2. The van der Waals surface area contributed by atoms with Gasteiger partial charge in [0.1, 0.15) is 5.75 Å². The molecule has 92 valence electrons. The molecule has 1 rings (SSSR count). The van der Waals surface area contributed by atoms with E-state index in [9.17, 15) is 0 Å². The van der Waals surface area contributed by atoms with Crippen LogP contribution in [0, 0.1) is 0 Å². The molecule has 0 bridgehead atoms. The van der Waals surface area contributed by atoms with Crippen LogP contribution in [0.2, 0.25) is 0 Å². The van der Waals surface area contributed by atoms with Gasteiger partial charge in [0.25, 0.3) is 0 Å². The number of anilines is 1. The normalized spacial score (nSPS) is 13.7. The van der Waals surface area contributed by atoms with Crippen LogP contribution in [0.4, 0.5) is 5.69 Å². The second-order valence-electron chi connectivity index (χ2n) is 3.16. The van der Waals surface area contributed by atoms with Gasteiger partial charge < -0.3 is 19.9 Å². The van der Waals surface area contributed by atoms with Crippen molar-refractivity contribution in [3.63, 3.8) is 0 Å². The lowest BCUT2D eigenvalue weighted by atomic mass is 10.3. The molecule has 0 spiro atoms. The molecule has 0 aromatic heterocycles. The first-order chi connectivity index (χ1) is 7.13. The fraction of sp³-hybridized carbons (Fsp3) is 0.455. The lowest BCUT2D eigenvalue weighted by molar-refractivity contribution is -0.192. The first-order valence-corrected chi connectivity index (χ1v) is 4.83. The summed E-state index contributed by atoms with van der Waals surface area (Å²) in [4.78, 5) is 0. The van der Waals surface area contributed by atoms with E-state index in [1.54, 1.807) is 33.1 Å². The minimum Gasteiger partial charge on any atom is -0.463 e. The molecular weight excluding hydrogens is 230 g/mol. The van der Waals surface area contributed by atoms with Crippen molar-refractivity contribution in [2.45, 2.75) is 26.4 Å². The van der Waals surface area contributed by atoms with Gasteiger partial charge in [0, 0.05) is 7.11 Å². The Labute approximate surface area is 102 Å². The van der Waals surface area contributed by atoms with E-state index in [-0.39, 0.29) is 18.7 Å². The zero-order valence-electron chi connectivity index (χ0n) is 9.67. The summed E-state index contributed by atoms with van der Waals surface area (Å²) in [6.45, 7) is 3.59. The maximum Gasteiger partial charge on any atom is 0.199 e. The molecule has 1 aromatic carbocycles. The SMILES string of the molecule is COC(C)OC(C)Oc1ccccc1N.Cl. The number of ether oxygens (including phenoxy) is 3. The molecule has 16 heavy (non-hydrogen) atoms. The first-order valence-electron chi connectivity index (χ1n) is 4.83. The third-order valence-electron chi connectivity index (χ3n) is 1.93. The Hall–Kier alpha value is -0.970. The number of nitrogens with two attached hydrogens (primary N) is 1. The standard InChI is InChI=1S/C11H17NO3.ClH/c1-8(13-3)14-9(2)15-11-7-5-4-6-10(11)12;/h4-9H,12H2,1-3H3;1H. The Morgan fingerprint density at radius 1 is 1.12 bits per heavy atom. The molecule has 0 radical (unpaired) electrons. The van der Waals surface area contributed by atoms with Gasteiger partial charge in [-0.25, -0.2) is 0 Å². The smallest absolute Gasteiger partial charge is 0.199 e. The van der Waals surface area contributed by atoms with Gasteiger partial charge in [0.15, 0.2) is 12.6 Å². The van der Waals surface area contributed by atoms with Crippen molar-refractivity contribution in [3.8, 4) is 5.75 Å². The van der Waals surface area contributed by atoms with E-state index in [4.69, 9.17) is 19.9 Å². The van der Waals surface area contributed by atoms with Crippen LogP contribution >= 0.6 is 12.4 Å². The Morgan fingerprint density at radius 2 is 1.75 bits per heavy atom. The fourth-order valence-electron chi connectivity index (χ4n) is 1.12. The summed E-state index contributed by atoms with van der Waals surface area (Å²) in [5.74, 6) is 0.619. The highest BCUT2D eigenvalue weighted by molar-refractivity contribution is 5.85. The van der Waals surface area contributed by atoms with Crippen molar-refractivity contribution in [2.75, 3.05) is 12.8 Å². The van der Waals surface area contributed by atoms with Crippen LogP contribution in [-0.2, 0) is 9.47 Å². The quantitative estimate of drug-likeness (QED) is 0.641. The molecule has 0 aliphatic carbocycles. The zero-order chi connectivity index (χ0) is 11.3. The molecule has 0 aliphatic rings. The highest BCUT2D eigenvalue weighted by atomic mass is 35.5. The third-order valence-corrected chi connectivity index (χ3v) is 1.93. The third kappa shape index (κ3) is 4.70. The summed E-state index contributed by atoms with van der Waals surface area (Å²) in [5.41, 5.74) is 6.32. The Morgan fingerprint density at radius 3 is 2.31 bits per heavy atom. The monoisotopic (exact) mass is 247 g/mol. The van der Waals surface area contributed by atoms with Gasteiger partial charge in [0.05, 0.1) is 5.69 Å². The predicted molar refractivity (Wildman–Crippen MR) is 65.7 cm³/mol. The molecule has 2 unspecified atom stereocenters. The van der Waals surface area contributed by atoms with Gasteiger partial charge in [-0.1, -0.05) is 12.1 Å². The van der Waals surface area contributed by atoms with Crippen LogP contribution in [0.15, 0.2) is 24.3 Å². The molecule has 2 atom stereocenters. The predicted octanol–water partition coefficient (Wildman–Crippen LogP) is 2.42. The summed E-state index contributed by atoms with van der Waals surface area (Å²) in [5, 5.41) is 0. The Bertz CT molecular complexity index is 309. The van der Waals surface area contributed by atoms with Crippen molar-refractivity contribution >= 4 is 18.1 Å². The highest BCUT2D eigenvalue weighted by Gasteiger charge is 2.09. The van der Waals surface area contributed by atoms with E-state index >= 15 is 0 Å². The number of hydrogen-bond donors (Lipinski definition) is 1. The number of methoxy groups -OCH3 is 1. The van der Waals surface area contributed by atoms with Crippen LogP contribution in [0.3, 0.4) is 0 Å². The summed E-state index contributed by atoms with van der Waals surface area (Å²) in [7, 11) is 1.58. The van der Waals surface area contributed by atoms with Crippen LogP contribution in [-0.4, -0.2) is 19.7 Å². The number of benzene rings is 1. The molecule has 2 N–H and O–H groups in total. The van der Waals surface area contributed by atoms with Gasteiger partial charge in [-0.2, -0.15) is 0 Å². The van der Waals surface area contributed by atoms with E-state index in [0.29, 0.717) is 11.4 Å². The molecule has 0 fully saturated rings. The van der Waals surface area contributed by atoms with E-state index in [1.165, 1.54) is 0 Å². The average molecular weight is 248 g/mol. The van der Waals surface area contributed by atoms with Crippen molar-refractivity contribution in [1.82, 2.24) is 0 Å². The second-order valence-corrected chi connectivity index (χ2v) is 3.16. The number of hydrogen-bond acceptors (Lipinski definition) is 4. The molecule has 5 heteroatoms. The molecule has 0 saturated heterocycles.